The van der Waals surface area contributed by atoms with Crippen LogP contribution in [0, 0.1) is 83.1 Å². The number of hydrogen-bond acceptors (Lipinski definition) is 3. The van der Waals surface area contributed by atoms with E-state index < -0.39 is 41.9 Å². The van der Waals surface area contributed by atoms with Crippen LogP contribution in [-0.4, -0.2) is 7.32 Å². The SMILES string of the molecule is Cc1ccccc1C(OB(OC(c1ccccc1C)C(c1ccccc1C)(c1ccccc1C)c1ccccc1C)OC(c1ccccc1C)C(c1ccccc1C)(c1ccccc1C)c1ccccc1C)C(c1ccccc1C)(c1ccccc1C)c1ccccc1C. The van der Waals surface area contributed by atoms with Gasteiger partial charge in [-0.05, 0) is 217 Å². The molecule has 12 rings (SSSR count). The second kappa shape index (κ2) is 27.7. The lowest BCUT2D eigenvalue weighted by Gasteiger charge is -2.49. The van der Waals surface area contributed by atoms with Gasteiger partial charge in [-0.15, -0.1) is 0 Å². The molecule has 12 aromatic carbocycles. The Labute approximate surface area is 560 Å². The molecular weight excluding hydrogens is 1140 g/mol. The van der Waals surface area contributed by atoms with Crippen LogP contribution in [0.1, 0.15) is 152 Å². The second-order valence-corrected chi connectivity index (χ2v) is 26.2. The van der Waals surface area contributed by atoms with Crippen molar-refractivity contribution in [1.29, 1.82) is 0 Å². The van der Waals surface area contributed by atoms with Crippen LogP contribution in [0.2, 0.25) is 0 Å². The molecule has 0 aromatic heterocycles. The Bertz CT molecular complexity index is 3850. The predicted octanol–water partition coefficient (Wildman–Crippen LogP) is 22.0. The predicted molar refractivity (Wildman–Crippen MR) is 391 cm³/mol. The van der Waals surface area contributed by atoms with Crippen molar-refractivity contribution < 1.29 is 14.0 Å². The van der Waals surface area contributed by atoms with E-state index in [1.54, 1.807) is 0 Å². The molecule has 4 heteroatoms. The second-order valence-electron chi connectivity index (χ2n) is 26.2. The highest BCUT2D eigenvalue weighted by molar-refractivity contribution is 6.36. The Balaban J connectivity index is 1.30. The monoisotopic (exact) mass is 1230 g/mol. The molecule has 0 bridgehead atoms. The average Bonchev–Trinajstić information content (AvgIpc) is 0.725. The topological polar surface area (TPSA) is 27.7 Å². The lowest BCUT2D eigenvalue weighted by molar-refractivity contribution is -0.0282. The van der Waals surface area contributed by atoms with Gasteiger partial charge in [-0.3, -0.25) is 0 Å². The normalized spacial score (nSPS) is 12.9. The molecule has 12 aromatic rings. The van der Waals surface area contributed by atoms with Crippen LogP contribution in [0.3, 0.4) is 0 Å². The minimum Gasteiger partial charge on any atom is -0.377 e. The molecule has 0 aliphatic heterocycles. The van der Waals surface area contributed by atoms with Gasteiger partial charge in [0.25, 0.3) is 0 Å². The summed E-state index contributed by atoms with van der Waals surface area (Å²) in [5.74, 6) is 0. The van der Waals surface area contributed by atoms with Crippen molar-refractivity contribution in [3.05, 3.63) is 425 Å². The van der Waals surface area contributed by atoms with Crippen molar-refractivity contribution in [1.82, 2.24) is 0 Å². The molecule has 0 saturated carbocycles. The molecular formula is C90H87BO3. The summed E-state index contributed by atoms with van der Waals surface area (Å²) in [6, 6.07) is 107. The fourth-order valence-electron chi connectivity index (χ4n) is 16.0. The van der Waals surface area contributed by atoms with E-state index in [4.69, 9.17) is 14.0 Å². The molecule has 0 N–H and O–H groups in total. The van der Waals surface area contributed by atoms with Crippen molar-refractivity contribution >= 4 is 7.32 Å². The summed E-state index contributed by atoms with van der Waals surface area (Å²) < 4.78 is 26.8. The Hall–Kier alpha value is -9.42. The zero-order chi connectivity index (χ0) is 65.7. The molecule has 0 fully saturated rings. The fraction of sp³-hybridized carbons (Fsp3) is 0.200. The summed E-state index contributed by atoms with van der Waals surface area (Å²) >= 11 is 0. The molecule has 0 heterocycles. The molecule has 3 nitrogen and oxygen atoms in total. The van der Waals surface area contributed by atoms with Crippen LogP contribution in [0.5, 0.6) is 0 Å². The molecule has 0 aliphatic carbocycles. The molecule has 0 aliphatic rings. The Morgan fingerprint density at radius 3 is 0.447 bits per heavy atom. The van der Waals surface area contributed by atoms with Crippen molar-refractivity contribution in [2.75, 3.05) is 0 Å². The van der Waals surface area contributed by atoms with E-state index in [9.17, 15) is 0 Å². The van der Waals surface area contributed by atoms with E-state index in [1.807, 2.05) is 0 Å². The Kier molecular flexibility index (Phi) is 19.0. The first-order valence-corrected chi connectivity index (χ1v) is 33.3. The van der Waals surface area contributed by atoms with Crippen LogP contribution in [0.4, 0.5) is 0 Å². The van der Waals surface area contributed by atoms with Gasteiger partial charge >= 0.3 is 7.32 Å². The highest BCUT2D eigenvalue weighted by atomic mass is 16.7. The third-order valence-electron chi connectivity index (χ3n) is 20.5. The van der Waals surface area contributed by atoms with Gasteiger partial charge < -0.3 is 14.0 Å². The smallest absolute Gasteiger partial charge is 0.377 e. The van der Waals surface area contributed by atoms with Gasteiger partial charge in [-0.25, -0.2) is 0 Å². The lowest BCUT2D eigenvalue weighted by Crippen LogP contribution is -2.49. The van der Waals surface area contributed by atoms with Crippen molar-refractivity contribution in [3.63, 3.8) is 0 Å². The maximum Gasteiger partial charge on any atom is 0.640 e. The molecule has 0 spiro atoms. The van der Waals surface area contributed by atoms with Crippen LogP contribution in [-0.2, 0) is 30.2 Å². The standard InChI is InChI=1S/C90H87BO3/c1-61-37-13-25-49-73(61)85(88(76-52-28-16-40-64(76)4,77-53-29-17-41-65(77)5)78-54-30-18-42-66(78)6)92-91(93-86(74-50-26-14-38-62(74)2)89(79-55-31-19-43-67(79)7,80-56-32-20-44-68(80)8)81-57-33-21-45-69(81)9)94-87(75-51-27-15-39-63(75)3)90(82-58-34-22-46-70(82)10,83-59-35-23-47-71(83)11)84-60-36-24-48-72(84)12/h13-60,85-87H,1-12H3. The Morgan fingerprint density at radius 2 is 0.309 bits per heavy atom. The third kappa shape index (κ3) is 11.5. The quantitative estimate of drug-likeness (QED) is 0.0530. The van der Waals surface area contributed by atoms with E-state index in [0.717, 1.165) is 134 Å². The lowest BCUT2D eigenvalue weighted by atomic mass is 9.60. The summed E-state index contributed by atoms with van der Waals surface area (Å²) in [7, 11) is -1.50. The number of hydrogen-bond donors (Lipinski definition) is 0. The van der Waals surface area contributed by atoms with E-state index in [2.05, 4.69) is 374 Å². The number of benzene rings is 12. The molecule has 0 saturated heterocycles. The maximum atomic E-state index is 8.94. The van der Waals surface area contributed by atoms with E-state index in [0.29, 0.717) is 0 Å². The molecule has 3 unspecified atom stereocenters. The average molecular weight is 1230 g/mol. The summed E-state index contributed by atoms with van der Waals surface area (Å²) in [5.41, 5.74) is 23.1. The fourth-order valence-corrected chi connectivity index (χ4v) is 16.0. The van der Waals surface area contributed by atoms with E-state index in [-0.39, 0.29) is 0 Å². The maximum absolute atomic E-state index is 8.94. The van der Waals surface area contributed by atoms with Crippen LogP contribution < -0.4 is 0 Å². The van der Waals surface area contributed by atoms with Gasteiger partial charge in [-0.2, -0.15) is 0 Å². The molecule has 0 radical (unpaired) electrons. The zero-order valence-electron chi connectivity index (χ0n) is 56.7. The van der Waals surface area contributed by atoms with Crippen molar-refractivity contribution in [2.24, 2.45) is 0 Å². The molecule has 3 atom stereocenters. The summed E-state index contributed by atoms with van der Waals surface area (Å²) in [6.07, 6.45) is -2.56. The van der Waals surface area contributed by atoms with Gasteiger partial charge in [0.05, 0.1) is 34.6 Å². The highest BCUT2D eigenvalue weighted by Gasteiger charge is 2.57. The van der Waals surface area contributed by atoms with Crippen molar-refractivity contribution in [2.45, 2.75) is 118 Å². The zero-order valence-corrected chi connectivity index (χ0v) is 56.7. The highest BCUT2D eigenvalue weighted by Crippen LogP contribution is 2.59. The molecule has 0 amide bonds. The molecule has 468 valence electrons. The summed E-state index contributed by atoms with van der Waals surface area (Å²) in [4.78, 5) is 0. The van der Waals surface area contributed by atoms with Crippen LogP contribution >= 0.6 is 0 Å². The first-order chi connectivity index (χ1) is 45.6. The van der Waals surface area contributed by atoms with Gasteiger partial charge in [0.1, 0.15) is 0 Å². The van der Waals surface area contributed by atoms with E-state index in [1.165, 1.54) is 0 Å². The van der Waals surface area contributed by atoms with Gasteiger partial charge in [0.15, 0.2) is 0 Å². The minimum absolute atomic E-state index is 0.855. The number of aryl methyl sites for hydroxylation is 12. The van der Waals surface area contributed by atoms with Gasteiger partial charge in [-0.1, -0.05) is 291 Å². The number of rotatable bonds is 21. The Morgan fingerprint density at radius 1 is 0.181 bits per heavy atom. The van der Waals surface area contributed by atoms with Crippen LogP contribution in [0.15, 0.2) is 291 Å². The minimum atomic E-state index is -1.50. The first-order valence-electron chi connectivity index (χ1n) is 33.3. The van der Waals surface area contributed by atoms with Crippen LogP contribution in [0.25, 0.3) is 0 Å². The summed E-state index contributed by atoms with van der Waals surface area (Å²) in [5, 5.41) is 0. The molecule has 94 heavy (non-hydrogen) atoms. The van der Waals surface area contributed by atoms with Gasteiger partial charge in [0.2, 0.25) is 0 Å². The summed E-state index contributed by atoms with van der Waals surface area (Å²) in [6.45, 7) is 27.0. The largest absolute Gasteiger partial charge is 0.640 e. The first kappa shape index (κ1) is 64.7. The van der Waals surface area contributed by atoms with E-state index >= 15 is 0 Å². The third-order valence-corrected chi connectivity index (χ3v) is 20.5. The van der Waals surface area contributed by atoms with Crippen molar-refractivity contribution in [3.8, 4) is 0 Å². The van der Waals surface area contributed by atoms with Gasteiger partial charge in [0, 0.05) is 0 Å².